The number of carbonyl (C=O) groups is 1. The first kappa shape index (κ1) is 13.5. The molecular weight excluding hydrogens is 258 g/mol. The lowest BCUT2D eigenvalue weighted by atomic mass is 10.1. The fraction of sp³-hybridized carbons (Fsp3) is 0.222. The lowest BCUT2D eigenvalue weighted by molar-refractivity contribution is -0.147. The van der Waals surface area contributed by atoms with Crippen LogP contribution in [0, 0.1) is 11.6 Å². The Morgan fingerprint density at radius 3 is 2.24 bits per heavy atom. The van der Waals surface area contributed by atoms with Gasteiger partial charge in [-0.2, -0.15) is 0 Å². The molecule has 1 atom stereocenters. The number of aliphatic hydroxyl groups excluding tert-OH is 1. The molecule has 0 spiro atoms. The van der Waals surface area contributed by atoms with Crippen LogP contribution < -0.4 is 0 Å². The van der Waals surface area contributed by atoms with Crippen LogP contribution in [0.2, 0.25) is 0 Å². The molecule has 8 heteroatoms. The summed E-state index contributed by atoms with van der Waals surface area (Å²) in [5.41, 5.74) is -0.831. The summed E-state index contributed by atoms with van der Waals surface area (Å²) in [7, 11) is -3.96. The van der Waals surface area contributed by atoms with E-state index < -0.39 is 44.0 Å². The van der Waals surface area contributed by atoms with Gasteiger partial charge in [0, 0.05) is 11.8 Å². The van der Waals surface area contributed by atoms with Crippen LogP contribution in [0.1, 0.15) is 11.7 Å². The highest BCUT2D eigenvalue weighted by atomic mass is 32.2. The summed E-state index contributed by atoms with van der Waals surface area (Å²) >= 11 is 0. The fourth-order valence-electron chi connectivity index (χ4n) is 1.18. The van der Waals surface area contributed by atoms with Crippen LogP contribution in [-0.4, -0.2) is 30.9 Å². The first-order valence-electron chi connectivity index (χ1n) is 4.25. The number of carboxylic acids is 1. The SMILES string of the molecule is CS(=O)(=O)c1ccc(C(O)C(=O)O)c(F)c1F. The normalized spacial score (nSPS) is 13.4. The van der Waals surface area contributed by atoms with Crippen molar-refractivity contribution in [2.75, 3.05) is 6.26 Å². The van der Waals surface area contributed by atoms with Crippen LogP contribution >= 0.6 is 0 Å². The van der Waals surface area contributed by atoms with E-state index in [2.05, 4.69) is 0 Å². The molecule has 0 saturated carbocycles. The third kappa shape index (κ3) is 2.59. The molecule has 0 saturated heterocycles. The van der Waals surface area contributed by atoms with Crippen molar-refractivity contribution in [3.8, 4) is 0 Å². The predicted molar refractivity (Wildman–Crippen MR) is 52.1 cm³/mol. The van der Waals surface area contributed by atoms with Gasteiger partial charge in [-0.15, -0.1) is 0 Å². The topological polar surface area (TPSA) is 91.7 Å². The summed E-state index contributed by atoms with van der Waals surface area (Å²) in [6.07, 6.45) is -1.57. The van der Waals surface area contributed by atoms with Crippen LogP contribution in [0.15, 0.2) is 17.0 Å². The lowest BCUT2D eigenvalue weighted by Crippen LogP contribution is -2.14. The highest BCUT2D eigenvalue weighted by molar-refractivity contribution is 7.90. The Hall–Kier alpha value is -1.54. The molecule has 0 fully saturated rings. The van der Waals surface area contributed by atoms with Gasteiger partial charge < -0.3 is 10.2 Å². The minimum atomic E-state index is -3.96. The fourth-order valence-corrected chi connectivity index (χ4v) is 1.91. The Kier molecular flexibility index (Phi) is 3.48. The molecule has 0 bridgehead atoms. The van der Waals surface area contributed by atoms with E-state index in [1.54, 1.807) is 0 Å². The molecule has 0 aromatic heterocycles. The summed E-state index contributed by atoms with van der Waals surface area (Å²) < 4.78 is 48.7. The van der Waals surface area contributed by atoms with Crippen LogP contribution in [0.5, 0.6) is 0 Å². The van der Waals surface area contributed by atoms with Crippen LogP contribution in [0.3, 0.4) is 0 Å². The number of aliphatic hydroxyl groups is 1. The Bertz CT molecular complexity index is 567. The molecule has 0 radical (unpaired) electrons. The second-order valence-corrected chi connectivity index (χ2v) is 5.28. The van der Waals surface area contributed by atoms with Crippen LogP contribution in [0.4, 0.5) is 8.78 Å². The van der Waals surface area contributed by atoms with Crippen molar-refractivity contribution in [2.45, 2.75) is 11.0 Å². The summed E-state index contributed by atoms with van der Waals surface area (Å²) in [5, 5.41) is 17.5. The number of halogens is 2. The quantitative estimate of drug-likeness (QED) is 0.830. The standard InChI is InChI=1S/C9H8F2O5S/c1-17(15,16)5-3-2-4(6(10)7(5)11)8(12)9(13)14/h2-3,8,12H,1H3,(H,13,14). The van der Waals surface area contributed by atoms with Gasteiger partial charge in [-0.25, -0.2) is 22.0 Å². The van der Waals surface area contributed by atoms with Gasteiger partial charge in [-0.05, 0) is 6.07 Å². The number of benzene rings is 1. The molecule has 0 amide bonds. The van der Waals surface area contributed by atoms with Crippen molar-refractivity contribution in [3.05, 3.63) is 29.3 Å². The predicted octanol–water partition coefficient (Wildman–Crippen LogP) is 0.486. The molecule has 2 N–H and O–H groups in total. The first-order chi connectivity index (χ1) is 7.66. The Morgan fingerprint density at radius 2 is 1.82 bits per heavy atom. The summed E-state index contributed by atoms with van der Waals surface area (Å²) in [5.74, 6) is -5.16. The zero-order chi connectivity index (χ0) is 13.4. The molecule has 0 aliphatic carbocycles. The van der Waals surface area contributed by atoms with Gasteiger partial charge in [0.1, 0.15) is 4.90 Å². The maximum absolute atomic E-state index is 13.3. The average Bonchev–Trinajstić information content (AvgIpc) is 2.19. The van der Waals surface area contributed by atoms with E-state index in [4.69, 9.17) is 10.2 Å². The molecule has 1 aromatic carbocycles. The lowest BCUT2D eigenvalue weighted by Gasteiger charge is -2.09. The monoisotopic (exact) mass is 266 g/mol. The van der Waals surface area contributed by atoms with Crippen molar-refractivity contribution in [3.63, 3.8) is 0 Å². The summed E-state index contributed by atoms with van der Waals surface area (Å²) in [6.45, 7) is 0. The Labute approximate surface area is 95.2 Å². The molecule has 1 unspecified atom stereocenters. The van der Waals surface area contributed by atoms with Crippen LogP contribution in [0.25, 0.3) is 0 Å². The van der Waals surface area contributed by atoms with E-state index in [-0.39, 0.29) is 0 Å². The number of sulfone groups is 1. The molecule has 1 rings (SSSR count). The van der Waals surface area contributed by atoms with E-state index in [0.29, 0.717) is 18.4 Å². The molecule has 17 heavy (non-hydrogen) atoms. The van der Waals surface area contributed by atoms with E-state index >= 15 is 0 Å². The van der Waals surface area contributed by atoms with Gasteiger partial charge in [0.25, 0.3) is 0 Å². The second kappa shape index (κ2) is 4.38. The van der Waals surface area contributed by atoms with Crippen molar-refractivity contribution in [1.82, 2.24) is 0 Å². The van der Waals surface area contributed by atoms with Gasteiger partial charge in [-0.3, -0.25) is 0 Å². The first-order valence-corrected chi connectivity index (χ1v) is 6.14. The van der Waals surface area contributed by atoms with Gasteiger partial charge in [0.2, 0.25) is 0 Å². The van der Waals surface area contributed by atoms with Crippen molar-refractivity contribution in [2.24, 2.45) is 0 Å². The smallest absolute Gasteiger partial charge is 0.337 e. The number of carboxylic acid groups (broad SMARTS) is 1. The van der Waals surface area contributed by atoms with E-state index in [9.17, 15) is 22.0 Å². The number of rotatable bonds is 3. The van der Waals surface area contributed by atoms with Crippen molar-refractivity contribution in [1.29, 1.82) is 0 Å². The molecule has 94 valence electrons. The molecule has 5 nitrogen and oxygen atoms in total. The van der Waals surface area contributed by atoms with Crippen LogP contribution in [-0.2, 0) is 14.6 Å². The zero-order valence-electron chi connectivity index (χ0n) is 8.52. The minimum absolute atomic E-state index is 0.679. The largest absolute Gasteiger partial charge is 0.479 e. The highest BCUT2D eigenvalue weighted by Crippen LogP contribution is 2.24. The Balaban J connectivity index is 3.45. The number of hydrogen-bond donors (Lipinski definition) is 2. The van der Waals surface area contributed by atoms with Crippen molar-refractivity contribution >= 4 is 15.8 Å². The van der Waals surface area contributed by atoms with Gasteiger partial charge in [0.15, 0.2) is 27.6 Å². The van der Waals surface area contributed by atoms with Gasteiger partial charge >= 0.3 is 5.97 Å². The van der Waals surface area contributed by atoms with Gasteiger partial charge in [-0.1, -0.05) is 6.07 Å². The van der Waals surface area contributed by atoms with Crippen molar-refractivity contribution < 1.29 is 32.2 Å². The molecule has 0 aliphatic rings. The third-order valence-electron chi connectivity index (χ3n) is 2.00. The van der Waals surface area contributed by atoms with E-state index in [1.807, 2.05) is 0 Å². The molecule has 0 aliphatic heterocycles. The van der Waals surface area contributed by atoms with Gasteiger partial charge in [0.05, 0.1) is 0 Å². The Morgan fingerprint density at radius 1 is 1.29 bits per heavy atom. The maximum atomic E-state index is 13.3. The average molecular weight is 266 g/mol. The summed E-state index contributed by atoms with van der Waals surface area (Å²) in [6, 6.07) is 1.42. The zero-order valence-corrected chi connectivity index (χ0v) is 9.33. The molecular formula is C9H8F2O5S. The number of aliphatic carboxylic acids is 1. The maximum Gasteiger partial charge on any atom is 0.337 e. The highest BCUT2D eigenvalue weighted by Gasteiger charge is 2.26. The molecule has 1 aromatic rings. The van der Waals surface area contributed by atoms with E-state index in [0.717, 1.165) is 0 Å². The summed E-state index contributed by atoms with van der Waals surface area (Å²) in [4.78, 5) is 9.50. The molecule has 0 heterocycles. The van der Waals surface area contributed by atoms with E-state index in [1.165, 1.54) is 0 Å². The second-order valence-electron chi connectivity index (χ2n) is 3.29. The minimum Gasteiger partial charge on any atom is -0.479 e. The third-order valence-corrected chi connectivity index (χ3v) is 3.12. The number of hydrogen-bond acceptors (Lipinski definition) is 4.